The zero-order chi connectivity index (χ0) is 13.5. The first-order valence-electron chi connectivity index (χ1n) is 6.75. The molecule has 0 radical (unpaired) electrons. The van der Waals surface area contributed by atoms with Crippen LogP contribution < -0.4 is 5.32 Å². The van der Waals surface area contributed by atoms with Crippen molar-refractivity contribution >= 4 is 0 Å². The molecule has 1 N–H and O–H groups in total. The summed E-state index contributed by atoms with van der Waals surface area (Å²) in [6.07, 6.45) is 8.76. The highest BCUT2D eigenvalue weighted by molar-refractivity contribution is 5.09. The molecule has 0 aliphatic rings. The molecule has 0 saturated carbocycles. The fourth-order valence-electron chi connectivity index (χ4n) is 2.19. The van der Waals surface area contributed by atoms with Crippen molar-refractivity contribution in [2.75, 3.05) is 6.54 Å². The van der Waals surface area contributed by atoms with Crippen molar-refractivity contribution in [2.24, 2.45) is 7.05 Å². The third-order valence-electron chi connectivity index (χ3n) is 3.10. The summed E-state index contributed by atoms with van der Waals surface area (Å²) in [5.74, 6) is 0. The average Bonchev–Trinajstić information content (AvgIpc) is 2.83. The van der Waals surface area contributed by atoms with E-state index < -0.39 is 0 Å². The third kappa shape index (κ3) is 4.44. The normalized spacial score (nSPS) is 12.5. The van der Waals surface area contributed by atoms with Crippen LogP contribution in [0.25, 0.3) is 0 Å². The summed E-state index contributed by atoms with van der Waals surface area (Å²) in [7, 11) is 1.90. The smallest absolute Gasteiger partial charge is 0.0842 e. The number of aromatic nitrogens is 4. The summed E-state index contributed by atoms with van der Waals surface area (Å²) in [6.45, 7) is 3.10. The Bertz CT molecular complexity index is 480. The Balaban J connectivity index is 1.89. The van der Waals surface area contributed by atoms with E-state index in [4.69, 9.17) is 0 Å². The van der Waals surface area contributed by atoms with E-state index in [0.29, 0.717) is 6.04 Å². The van der Waals surface area contributed by atoms with Crippen LogP contribution in [0.2, 0.25) is 0 Å². The Morgan fingerprint density at radius 1 is 1.42 bits per heavy atom. The molecule has 19 heavy (non-hydrogen) atoms. The van der Waals surface area contributed by atoms with Crippen LogP contribution in [0, 0.1) is 0 Å². The molecule has 0 bridgehead atoms. The SMILES string of the molecule is CCNC(CCc1cccnc1)Cc1cn(C)nn1. The Kier molecular flexibility index (Phi) is 5.03. The van der Waals surface area contributed by atoms with E-state index in [2.05, 4.69) is 33.6 Å². The zero-order valence-corrected chi connectivity index (χ0v) is 11.6. The second-order valence-corrected chi connectivity index (χ2v) is 4.74. The van der Waals surface area contributed by atoms with Gasteiger partial charge in [-0.2, -0.15) is 0 Å². The quantitative estimate of drug-likeness (QED) is 0.816. The van der Waals surface area contributed by atoms with E-state index in [1.165, 1.54) is 5.56 Å². The molecule has 0 amide bonds. The lowest BCUT2D eigenvalue weighted by Gasteiger charge is -2.16. The number of pyridine rings is 1. The number of nitrogens with zero attached hydrogens (tertiary/aromatic N) is 4. The van der Waals surface area contributed by atoms with E-state index in [-0.39, 0.29) is 0 Å². The second-order valence-electron chi connectivity index (χ2n) is 4.74. The molecule has 2 aromatic rings. The van der Waals surface area contributed by atoms with Gasteiger partial charge in [0.15, 0.2) is 0 Å². The fourth-order valence-corrected chi connectivity index (χ4v) is 2.19. The molecule has 1 atom stereocenters. The molecule has 1 unspecified atom stereocenters. The third-order valence-corrected chi connectivity index (χ3v) is 3.10. The molecule has 0 aliphatic heterocycles. The average molecular weight is 259 g/mol. The number of rotatable bonds is 7. The van der Waals surface area contributed by atoms with Crippen molar-refractivity contribution in [1.29, 1.82) is 0 Å². The Labute approximate surface area is 114 Å². The van der Waals surface area contributed by atoms with Crippen LogP contribution in [-0.4, -0.2) is 32.6 Å². The molecular weight excluding hydrogens is 238 g/mol. The number of hydrogen-bond acceptors (Lipinski definition) is 4. The lowest BCUT2D eigenvalue weighted by molar-refractivity contribution is 0.486. The minimum Gasteiger partial charge on any atom is -0.314 e. The van der Waals surface area contributed by atoms with Gasteiger partial charge in [0, 0.05) is 38.1 Å². The first-order chi connectivity index (χ1) is 9.28. The summed E-state index contributed by atoms with van der Waals surface area (Å²) in [5.41, 5.74) is 2.32. The van der Waals surface area contributed by atoms with E-state index >= 15 is 0 Å². The van der Waals surface area contributed by atoms with Crippen LogP contribution >= 0.6 is 0 Å². The molecule has 2 aromatic heterocycles. The van der Waals surface area contributed by atoms with Crippen LogP contribution in [0.4, 0.5) is 0 Å². The fraction of sp³-hybridized carbons (Fsp3) is 0.500. The standard InChI is InChI=1S/C14H21N5/c1-3-16-13(9-14-11-19(2)18-17-14)7-6-12-5-4-8-15-10-12/h4-5,8,10-11,13,16H,3,6-7,9H2,1-2H3. The summed E-state index contributed by atoms with van der Waals surface area (Å²) in [5, 5.41) is 11.6. The van der Waals surface area contributed by atoms with Gasteiger partial charge >= 0.3 is 0 Å². The molecular formula is C14H21N5. The Morgan fingerprint density at radius 2 is 2.32 bits per heavy atom. The zero-order valence-electron chi connectivity index (χ0n) is 11.6. The summed E-state index contributed by atoms with van der Waals surface area (Å²) < 4.78 is 1.75. The maximum atomic E-state index is 4.15. The molecule has 0 aromatic carbocycles. The molecule has 2 rings (SSSR count). The predicted octanol–water partition coefficient (Wildman–Crippen LogP) is 1.36. The highest BCUT2D eigenvalue weighted by atomic mass is 15.4. The minimum absolute atomic E-state index is 0.432. The van der Waals surface area contributed by atoms with Gasteiger partial charge in [-0.1, -0.05) is 18.2 Å². The van der Waals surface area contributed by atoms with Crippen LogP contribution in [0.1, 0.15) is 24.6 Å². The van der Waals surface area contributed by atoms with E-state index in [1.54, 1.807) is 4.68 Å². The minimum atomic E-state index is 0.432. The molecule has 0 fully saturated rings. The second kappa shape index (κ2) is 6.99. The molecule has 5 heteroatoms. The van der Waals surface area contributed by atoms with Crippen molar-refractivity contribution in [3.63, 3.8) is 0 Å². The van der Waals surface area contributed by atoms with Gasteiger partial charge in [0.2, 0.25) is 0 Å². The van der Waals surface area contributed by atoms with Gasteiger partial charge in [0.25, 0.3) is 0 Å². The highest BCUT2D eigenvalue weighted by Gasteiger charge is 2.11. The largest absolute Gasteiger partial charge is 0.314 e. The van der Waals surface area contributed by atoms with Crippen molar-refractivity contribution in [3.8, 4) is 0 Å². The van der Waals surface area contributed by atoms with Crippen LogP contribution in [-0.2, 0) is 19.9 Å². The monoisotopic (exact) mass is 259 g/mol. The number of hydrogen-bond donors (Lipinski definition) is 1. The van der Waals surface area contributed by atoms with Gasteiger partial charge in [0.1, 0.15) is 0 Å². The predicted molar refractivity (Wildman–Crippen MR) is 74.7 cm³/mol. The first kappa shape index (κ1) is 13.7. The lowest BCUT2D eigenvalue weighted by atomic mass is 10.0. The van der Waals surface area contributed by atoms with Gasteiger partial charge in [0.05, 0.1) is 5.69 Å². The number of aryl methyl sites for hydroxylation is 2. The van der Waals surface area contributed by atoms with E-state index in [9.17, 15) is 0 Å². The van der Waals surface area contributed by atoms with Crippen molar-refractivity contribution in [1.82, 2.24) is 25.3 Å². The molecule has 2 heterocycles. The number of nitrogens with one attached hydrogen (secondary N) is 1. The summed E-state index contributed by atoms with van der Waals surface area (Å²) >= 11 is 0. The van der Waals surface area contributed by atoms with Gasteiger partial charge < -0.3 is 5.32 Å². The van der Waals surface area contributed by atoms with Gasteiger partial charge in [-0.15, -0.1) is 5.10 Å². The van der Waals surface area contributed by atoms with Crippen LogP contribution in [0.15, 0.2) is 30.7 Å². The molecule has 0 saturated heterocycles. The Hall–Kier alpha value is -1.75. The van der Waals surface area contributed by atoms with Gasteiger partial charge in [-0.25, -0.2) is 0 Å². The molecule has 0 spiro atoms. The van der Waals surface area contributed by atoms with Crippen molar-refractivity contribution in [3.05, 3.63) is 42.0 Å². The van der Waals surface area contributed by atoms with E-state index in [1.807, 2.05) is 31.7 Å². The summed E-state index contributed by atoms with van der Waals surface area (Å²) in [6, 6.07) is 4.54. The van der Waals surface area contributed by atoms with Crippen molar-refractivity contribution < 1.29 is 0 Å². The maximum Gasteiger partial charge on any atom is 0.0842 e. The summed E-state index contributed by atoms with van der Waals surface area (Å²) in [4.78, 5) is 4.15. The number of likely N-dealkylation sites (N-methyl/N-ethyl adjacent to an activating group) is 1. The van der Waals surface area contributed by atoms with Crippen molar-refractivity contribution in [2.45, 2.75) is 32.2 Å². The first-order valence-corrected chi connectivity index (χ1v) is 6.75. The van der Waals surface area contributed by atoms with Gasteiger partial charge in [-0.05, 0) is 31.0 Å². The lowest BCUT2D eigenvalue weighted by Crippen LogP contribution is -2.31. The molecule has 5 nitrogen and oxygen atoms in total. The molecule has 0 aliphatic carbocycles. The topological polar surface area (TPSA) is 55.6 Å². The van der Waals surface area contributed by atoms with Gasteiger partial charge in [-0.3, -0.25) is 9.67 Å². The maximum absolute atomic E-state index is 4.15. The van der Waals surface area contributed by atoms with Crippen LogP contribution in [0.5, 0.6) is 0 Å². The van der Waals surface area contributed by atoms with Crippen LogP contribution in [0.3, 0.4) is 0 Å². The highest BCUT2D eigenvalue weighted by Crippen LogP contribution is 2.07. The van der Waals surface area contributed by atoms with E-state index in [0.717, 1.165) is 31.5 Å². The Morgan fingerprint density at radius 3 is 2.95 bits per heavy atom. The molecule has 102 valence electrons.